The molecule has 1 atom stereocenters. The summed E-state index contributed by atoms with van der Waals surface area (Å²) in [7, 11) is 4.14. The first-order valence-corrected chi connectivity index (χ1v) is 9.46. The van der Waals surface area contributed by atoms with Crippen molar-refractivity contribution in [3.05, 3.63) is 34.9 Å². The summed E-state index contributed by atoms with van der Waals surface area (Å²) in [5.74, 6) is -0.489. The third-order valence-electron chi connectivity index (χ3n) is 5.43. The number of halogens is 1. The predicted octanol–water partition coefficient (Wildman–Crippen LogP) is 1.87. The smallest absolute Gasteiger partial charge is 0.405 e. The fourth-order valence-electron chi connectivity index (χ4n) is 3.75. The van der Waals surface area contributed by atoms with Gasteiger partial charge in [-0.25, -0.2) is 4.79 Å². The van der Waals surface area contributed by atoms with Gasteiger partial charge in [0, 0.05) is 16.6 Å². The molecule has 7 nitrogen and oxygen atoms in total. The van der Waals surface area contributed by atoms with Crippen molar-refractivity contribution >= 4 is 23.6 Å². The fourth-order valence-corrected chi connectivity index (χ4v) is 3.97. The maximum Gasteiger partial charge on any atom is 0.405 e. The van der Waals surface area contributed by atoms with E-state index in [0.717, 1.165) is 37.1 Å². The molecule has 2 rings (SSSR count). The van der Waals surface area contributed by atoms with Gasteiger partial charge in [0.2, 0.25) is 5.91 Å². The molecule has 1 fully saturated rings. The van der Waals surface area contributed by atoms with Crippen LogP contribution >= 0.6 is 11.6 Å². The van der Waals surface area contributed by atoms with E-state index < -0.39 is 24.6 Å². The molecule has 0 bridgehead atoms. The molecule has 27 heavy (non-hydrogen) atoms. The van der Waals surface area contributed by atoms with Gasteiger partial charge < -0.3 is 25.7 Å². The maximum atomic E-state index is 12.2. The third-order valence-corrected chi connectivity index (χ3v) is 5.67. The first-order valence-electron chi connectivity index (χ1n) is 9.08. The first kappa shape index (κ1) is 21.5. The molecule has 0 aromatic heterocycles. The van der Waals surface area contributed by atoms with E-state index in [4.69, 9.17) is 16.7 Å². The summed E-state index contributed by atoms with van der Waals surface area (Å²) >= 11 is 6.12. The average molecular weight is 398 g/mol. The highest BCUT2D eigenvalue weighted by Crippen LogP contribution is 2.35. The van der Waals surface area contributed by atoms with E-state index in [-0.39, 0.29) is 11.6 Å². The van der Waals surface area contributed by atoms with E-state index in [1.807, 2.05) is 23.5 Å². The third kappa shape index (κ3) is 5.82. The molecule has 2 amide bonds. The summed E-state index contributed by atoms with van der Waals surface area (Å²) in [6.07, 6.45) is 2.91. The number of nitrogens with zero attached hydrogens (tertiary/aromatic N) is 1. The van der Waals surface area contributed by atoms with E-state index in [2.05, 4.69) is 30.4 Å². The second-order valence-electron chi connectivity index (χ2n) is 7.39. The van der Waals surface area contributed by atoms with Crippen molar-refractivity contribution in [3.63, 3.8) is 0 Å². The quantitative estimate of drug-likeness (QED) is 0.562. The molecular formula is C19H28ClN3O4. The van der Waals surface area contributed by atoms with Gasteiger partial charge in [-0.1, -0.05) is 23.7 Å². The lowest BCUT2D eigenvalue weighted by Crippen LogP contribution is -2.55. The normalized spacial score (nSPS) is 23.7. The molecule has 1 aliphatic carbocycles. The van der Waals surface area contributed by atoms with E-state index in [1.54, 1.807) is 0 Å². The topological polar surface area (TPSA) is 102 Å². The van der Waals surface area contributed by atoms with E-state index in [0.29, 0.717) is 0 Å². The number of hydrogen-bond acceptors (Lipinski definition) is 4. The molecule has 1 aromatic carbocycles. The van der Waals surface area contributed by atoms with Crippen LogP contribution in [0.2, 0.25) is 5.02 Å². The van der Waals surface area contributed by atoms with Crippen molar-refractivity contribution in [1.29, 1.82) is 0 Å². The Labute approximate surface area is 164 Å². The van der Waals surface area contributed by atoms with E-state index >= 15 is 0 Å². The van der Waals surface area contributed by atoms with Gasteiger partial charge >= 0.3 is 6.09 Å². The van der Waals surface area contributed by atoms with Crippen molar-refractivity contribution < 1.29 is 19.8 Å². The van der Waals surface area contributed by atoms with Crippen molar-refractivity contribution in [2.24, 2.45) is 0 Å². The molecule has 1 aliphatic rings. The van der Waals surface area contributed by atoms with Crippen LogP contribution in [0.1, 0.15) is 31.2 Å². The number of aliphatic hydroxyl groups excluding tert-OH is 1. The minimum Gasteiger partial charge on any atom is -0.465 e. The lowest BCUT2D eigenvalue weighted by Gasteiger charge is -2.45. The highest BCUT2D eigenvalue weighted by Gasteiger charge is 2.38. The molecule has 8 heteroatoms. The molecule has 0 spiro atoms. The Kier molecular flexibility index (Phi) is 7.47. The second kappa shape index (κ2) is 9.39. The van der Waals surface area contributed by atoms with Gasteiger partial charge in [0.25, 0.3) is 0 Å². The number of carbonyl (C=O) groups excluding carboxylic acids is 1. The van der Waals surface area contributed by atoms with Crippen LogP contribution in [0.25, 0.3) is 0 Å². The molecule has 4 N–H and O–H groups in total. The Morgan fingerprint density at radius 3 is 2.52 bits per heavy atom. The molecule has 0 heterocycles. The van der Waals surface area contributed by atoms with Gasteiger partial charge in [-0.3, -0.25) is 4.79 Å². The van der Waals surface area contributed by atoms with Gasteiger partial charge in [0.05, 0.1) is 6.61 Å². The van der Waals surface area contributed by atoms with Crippen LogP contribution in [0.3, 0.4) is 0 Å². The molecule has 1 aromatic rings. The van der Waals surface area contributed by atoms with Crippen molar-refractivity contribution in [3.8, 4) is 0 Å². The summed E-state index contributed by atoms with van der Waals surface area (Å²) in [6.45, 7) is -0.568. The summed E-state index contributed by atoms with van der Waals surface area (Å²) in [5, 5.41) is 23.6. The number of carbonyl (C=O) groups is 2. The highest BCUT2D eigenvalue weighted by atomic mass is 35.5. The van der Waals surface area contributed by atoms with Crippen LogP contribution in [0.15, 0.2) is 24.3 Å². The number of carboxylic acid groups (broad SMARTS) is 1. The number of aliphatic hydroxyl groups is 1. The zero-order chi connectivity index (χ0) is 20.0. The number of amides is 2. The summed E-state index contributed by atoms with van der Waals surface area (Å²) in [6, 6.07) is 6.71. The summed E-state index contributed by atoms with van der Waals surface area (Å²) in [4.78, 5) is 25.1. The average Bonchev–Trinajstić information content (AvgIpc) is 2.61. The van der Waals surface area contributed by atoms with Crippen LogP contribution in [-0.4, -0.2) is 65.4 Å². The van der Waals surface area contributed by atoms with E-state index in [1.165, 1.54) is 5.56 Å². The van der Waals surface area contributed by atoms with Gasteiger partial charge in [0.1, 0.15) is 6.04 Å². The van der Waals surface area contributed by atoms with Crippen molar-refractivity contribution in [2.75, 3.05) is 20.7 Å². The molecule has 0 radical (unpaired) electrons. The van der Waals surface area contributed by atoms with Crippen LogP contribution in [0.4, 0.5) is 4.79 Å². The molecule has 0 saturated heterocycles. The predicted molar refractivity (Wildman–Crippen MR) is 104 cm³/mol. The van der Waals surface area contributed by atoms with Crippen LogP contribution in [-0.2, 0) is 11.2 Å². The van der Waals surface area contributed by atoms with Gasteiger partial charge in [-0.05, 0) is 63.9 Å². The molecular weight excluding hydrogens is 370 g/mol. The van der Waals surface area contributed by atoms with Crippen LogP contribution < -0.4 is 10.6 Å². The summed E-state index contributed by atoms with van der Waals surface area (Å²) in [5.41, 5.74) is 1.17. The lowest BCUT2D eigenvalue weighted by atomic mass is 9.74. The highest BCUT2D eigenvalue weighted by molar-refractivity contribution is 6.30. The number of hydrogen-bond donors (Lipinski definition) is 4. The SMILES string of the molecule is CN(C)C1(Cc2cccc(Cl)c2)CCC(NC(=O)C(CO)NC(=O)O)CC1. The van der Waals surface area contributed by atoms with Gasteiger partial charge in [-0.2, -0.15) is 0 Å². The molecule has 1 unspecified atom stereocenters. The van der Waals surface area contributed by atoms with Crippen LogP contribution in [0, 0.1) is 0 Å². The van der Waals surface area contributed by atoms with Gasteiger partial charge in [-0.15, -0.1) is 0 Å². The van der Waals surface area contributed by atoms with Gasteiger partial charge in [0.15, 0.2) is 0 Å². The number of likely N-dealkylation sites (N-methyl/N-ethyl adjacent to an activating group) is 1. The Bertz CT molecular complexity index is 660. The first-order chi connectivity index (χ1) is 12.8. The standard InChI is InChI=1S/C19H28ClN3O4/c1-23(2)19(11-13-4-3-5-14(20)10-13)8-6-15(7-9-19)21-17(25)16(12-24)22-18(26)27/h3-5,10,15-16,22,24H,6-9,11-12H2,1-2H3,(H,21,25)(H,26,27). The van der Waals surface area contributed by atoms with E-state index in [9.17, 15) is 14.7 Å². The molecule has 1 saturated carbocycles. The minimum absolute atomic E-state index is 0.0123. The lowest BCUT2D eigenvalue weighted by molar-refractivity contribution is -0.125. The number of nitrogens with one attached hydrogen (secondary N) is 2. The molecule has 150 valence electrons. The fraction of sp³-hybridized carbons (Fsp3) is 0.579. The maximum absolute atomic E-state index is 12.2. The molecule has 0 aliphatic heterocycles. The Morgan fingerprint density at radius 1 is 1.33 bits per heavy atom. The van der Waals surface area contributed by atoms with Crippen molar-refractivity contribution in [2.45, 2.75) is 49.7 Å². The zero-order valence-corrected chi connectivity index (χ0v) is 16.5. The second-order valence-corrected chi connectivity index (χ2v) is 7.83. The Balaban J connectivity index is 1.98. The number of rotatable bonds is 7. The zero-order valence-electron chi connectivity index (χ0n) is 15.7. The van der Waals surface area contributed by atoms with Crippen molar-refractivity contribution in [1.82, 2.24) is 15.5 Å². The monoisotopic (exact) mass is 397 g/mol. The van der Waals surface area contributed by atoms with Crippen LogP contribution in [0.5, 0.6) is 0 Å². The summed E-state index contributed by atoms with van der Waals surface area (Å²) < 4.78 is 0. The Morgan fingerprint density at radius 2 is 2.00 bits per heavy atom. The number of benzene rings is 1. The largest absolute Gasteiger partial charge is 0.465 e. The minimum atomic E-state index is -1.33. The Hall–Kier alpha value is -1.83.